The maximum absolute atomic E-state index is 12.8. The van der Waals surface area contributed by atoms with Gasteiger partial charge < -0.3 is 5.11 Å². The van der Waals surface area contributed by atoms with Gasteiger partial charge in [-0.05, 0) is 58.2 Å². The molecule has 3 aromatic rings. The Bertz CT molecular complexity index is 1280. The first-order chi connectivity index (χ1) is 13.8. The van der Waals surface area contributed by atoms with Crippen molar-refractivity contribution in [2.75, 3.05) is 0 Å². The van der Waals surface area contributed by atoms with Gasteiger partial charge in [0.1, 0.15) is 0 Å². The van der Waals surface area contributed by atoms with Crippen LogP contribution in [0.4, 0.5) is 13.2 Å². The molecule has 0 fully saturated rings. The van der Waals surface area contributed by atoms with E-state index in [1.165, 1.54) is 16.7 Å². The first kappa shape index (κ1) is 19.2. The van der Waals surface area contributed by atoms with Gasteiger partial charge in [-0.2, -0.15) is 13.2 Å². The quantitative estimate of drug-likeness (QED) is 0.594. The Morgan fingerprint density at radius 1 is 0.966 bits per heavy atom. The summed E-state index contributed by atoms with van der Waals surface area (Å²) < 4.78 is 39.9. The lowest BCUT2D eigenvalue weighted by molar-refractivity contribution is -0.137. The summed E-state index contributed by atoms with van der Waals surface area (Å²) in [5.41, 5.74) is -0.423. The van der Waals surface area contributed by atoms with E-state index >= 15 is 0 Å². The van der Waals surface area contributed by atoms with Crippen LogP contribution >= 0.6 is 23.6 Å². The third kappa shape index (κ3) is 3.87. The first-order valence-electron chi connectivity index (χ1n) is 8.09. The van der Waals surface area contributed by atoms with E-state index in [0.717, 1.165) is 33.9 Å². The highest BCUT2D eigenvalue weighted by atomic mass is 32.1. The number of aromatic hydroxyl groups is 1. The van der Waals surface area contributed by atoms with E-state index in [2.05, 4.69) is 20.7 Å². The van der Waals surface area contributed by atoms with Gasteiger partial charge in [-0.1, -0.05) is 24.3 Å². The summed E-state index contributed by atoms with van der Waals surface area (Å²) in [6.45, 7) is 0. The number of halogens is 3. The van der Waals surface area contributed by atoms with Crippen molar-refractivity contribution in [2.45, 2.75) is 6.18 Å². The van der Waals surface area contributed by atoms with Crippen molar-refractivity contribution in [1.29, 1.82) is 0 Å². The molecule has 29 heavy (non-hydrogen) atoms. The van der Waals surface area contributed by atoms with Crippen molar-refractivity contribution in [3.05, 3.63) is 73.4 Å². The molecule has 0 atom stereocenters. The lowest BCUT2D eigenvalue weighted by atomic mass is 10.2. The molecule has 0 radical (unpaired) electrons. The van der Waals surface area contributed by atoms with Crippen LogP contribution < -0.4 is 10.4 Å². The highest BCUT2D eigenvalue weighted by molar-refractivity contribution is 7.73. The third-order valence-electron chi connectivity index (χ3n) is 4.05. The second-order valence-electron chi connectivity index (χ2n) is 5.90. The van der Waals surface area contributed by atoms with Crippen molar-refractivity contribution >= 4 is 35.5 Å². The lowest BCUT2D eigenvalue weighted by Crippen LogP contribution is -2.08. The zero-order valence-corrected chi connectivity index (χ0v) is 16.0. The van der Waals surface area contributed by atoms with Crippen LogP contribution in [-0.4, -0.2) is 9.67 Å². The molecule has 0 amide bonds. The smallest absolute Gasteiger partial charge is 0.416 e. The minimum Gasteiger partial charge on any atom is -0.493 e. The van der Waals surface area contributed by atoms with Crippen LogP contribution in [0.3, 0.4) is 0 Å². The van der Waals surface area contributed by atoms with Crippen molar-refractivity contribution < 1.29 is 18.3 Å². The number of rotatable bonds is 2. The molecule has 0 saturated heterocycles. The van der Waals surface area contributed by atoms with Crippen molar-refractivity contribution in [2.24, 2.45) is 20.7 Å². The van der Waals surface area contributed by atoms with Crippen LogP contribution in [0.5, 0.6) is 5.88 Å². The molecule has 0 spiro atoms. The standard InChI is InChI=1S/C18H10F3N5OS2/c19-18(20,21)12-5-7-13(8-6-12)26-16(27)14(29-17(26)28)9-10-1-3-11(4-2-10)15-22-24-25-23-15/h1-9,27H. The Kier molecular flexibility index (Phi) is 4.84. The minimum absolute atomic E-state index is 0.142. The Morgan fingerprint density at radius 2 is 1.59 bits per heavy atom. The van der Waals surface area contributed by atoms with Gasteiger partial charge in [0.2, 0.25) is 11.7 Å². The predicted octanol–water partition coefficient (Wildman–Crippen LogP) is 4.72. The number of alkyl halides is 3. The van der Waals surface area contributed by atoms with Gasteiger partial charge in [0.05, 0.1) is 16.1 Å². The van der Waals surface area contributed by atoms with Gasteiger partial charge in [0.25, 0.3) is 0 Å². The number of nitrogens with zero attached hydrogens (tertiary/aromatic N) is 5. The van der Waals surface area contributed by atoms with Gasteiger partial charge in [-0.25, -0.2) is 0 Å². The lowest BCUT2D eigenvalue weighted by Gasteiger charge is -2.09. The van der Waals surface area contributed by atoms with Crippen LogP contribution in [-0.2, 0) is 6.18 Å². The number of thiazole rings is 1. The number of benzene rings is 2. The van der Waals surface area contributed by atoms with E-state index < -0.39 is 11.7 Å². The molecule has 0 unspecified atom stereocenters. The van der Waals surface area contributed by atoms with E-state index in [-0.39, 0.29) is 5.88 Å². The van der Waals surface area contributed by atoms with Crippen LogP contribution in [0.2, 0.25) is 0 Å². The molecule has 11 heteroatoms. The van der Waals surface area contributed by atoms with Gasteiger partial charge >= 0.3 is 6.18 Å². The molecular weight excluding hydrogens is 423 g/mol. The van der Waals surface area contributed by atoms with E-state index in [4.69, 9.17) is 12.2 Å². The minimum atomic E-state index is -4.43. The molecule has 1 aromatic heterocycles. The van der Waals surface area contributed by atoms with Crippen LogP contribution in [0.25, 0.3) is 17.6 Å². The largest absolute Gasteiger partial charge is 0.493 e. The summed E-state index contributed by atoms with van der Waals surface area (Å²) in [5, 5.41) is 26.5. The number of hydrogen-bond donors (Lipinski definition) is 1. The first-order valence-corrected chi connectivity index (χ1v) is 9.32. The summed E-state index contributed by atoms with van der Waals surface area (Å²) >= 11 is 6.44. The molecule has 1 N–H and O–H groups in total. The topological polar surface area (TPSA) is 74.6 Å². The van der Waals surface area contributed by atoms with Crippen LogP contribution in [0.15, 0.2) is 69.2 Å². The van der Waals surface area contributed by atoms with E-state index in [9.17, 15) is 18.3 Å². The number of hydrogen-bond acceptors (Lipinski definition) is 7. The summed E-state index contributed by atoms with van der Waals surface area (Å²) in [5.74, 6) is 0.264. The molecule has 2 heterocycles. The number of aromatic nitrogens is 1. The van der Waals surface area contributed by atoms with E-state index in [0.29, 0.717) is 20.3 Å². The highest BCUT2D eigenvalue weighted by Gasteiger charge is 2.30. The molecule has 2 aromatic carbocycles. The fraction of sp³-hybridized carbons (Fsp3) is 0.0556. The Morgan fingerprint density at radius 3 is 2.17 bits per heavy atom. The maximum atomic E-state index is 12.8. The summed E-state index contributed by atoms with van der Waals surface area (Å²) in [6, 6.07) is 11.6. The molecule has 0 saturated carbocycles. The van der Waals surface area contributed by atoms with Gasteiger partial charge in [-0.3, -0.25) is 4.57 Å². The van der Waals surface area contributed by atoms with Gasteiger partial charge in [0.15, 0.2) is 3.95 Å². The summed E-state index contributed by atoms with van der Waals surface area (Å²) in [6.07, 6.45) is -2.70. The van der Waals surface area contributed by atoms with E-state index in [1.54, 1.807) is 30.3 Å². The normalized spacial score (nSPS) is 13.3. The van der Waals surface area contributed by atoms with Crippen molar-refractivity contribution in [3.63, 3.8) is 0 Å². The molecule has 4 rings (SSSR count). The third-order valence-corrected chi connectivity index (χ3v) is 5.36. The fourth-order valence-electron chi connectivity index (χ4n) is 2.64. The fourth-order valence-corrected chi connectivity index (χ4v) is 3.95. The predicted molar refractivity (Wildman–Crippen MR) is 104 cm³/mol. The second kappa shape index (κ2) is 7.33. The van der Waals surface area contributed by atoms with Crippen molar-refractivity contribution in [1.82, 2.24) is 4.57 Å². The van der Waals surface area contributed by atoms with E-state index in [1.807, 2.05) is 0 Å². The van der Waals surface area contributed by atoms with Crippen molar-refractivity contribution in [3.8, 4) is 11.6 Å². The van der Waals surface area contributed by atoms with Gasteiger partial charge in [0, 0.05) is 5.22 Å². The zero-order chi connectivity index (χ0) is 20.6. The molecule has 146 valence electrons. The summed E-state index contributed by atoms with van der Waals surface area (Å²) in [4.78, 5) is 0.482. The highest BCUT2D eigenvalue weighted by Crippen LogP contribution is 2.33. The maximum Gasteiger partial charge on any atom is 0.416 e. The SMILES string of the molecule is Oc1c(C=c2ccc(=C3N=NN=N3)cc2)sc(=S)n1-c1ccc(C(F)(F)F)cc1. The monoisotopic (exact) mass is 433 g/mol. The summed E-state index contributed by atoms with van der Waals surface area (Å²) in [7, 11) is 0. The Labute approximate surface area is 170 Å². The average molecular weight is 433 g/mol. The molecule has 0 aliphatic carbocycles. The molecule has 6 nitrogen and oxygen atoms in total. The molecule has 1 aliphatic rings. The van der Waals surface area contributed by atoms with Crippen LogP contribution in [0, 0.1) is 3.95 Å². The average Bonchev–Trinajstić information content (AvgIpc) is 3.31. The Hall–Kier alpha value is -3.18. The van der Waals surface area contributed by atoms with Crippen LogP contribution in [0.1, 0.15) is 10.4 Å². The second-order valence-corrected chi connectivity index (χ2v) is 7.58. The molecule has 0 bridgehead atoms. The zero-order valence-electron chi connectivity index (χ0n) is 14.3. The van der Waals surface area contributed by atoms with Gasteiger partial charge in [-0.15, -0.1) is 21.6 Å². The Balaban J connectivity index is 1.72. The molecule has 1 aliphatic heterocycles. The molecular formula is C18H10F3N5OS2.